The van der Waals surface area contributed by atoms with Crippen LogP contribution in [0, 0.1) is 5.41 Å². The third-order valence-corrected chi connectivity index (χ3v) is 4.99. The molecule has 0 aliphatic carbocycles. The maximum absolute atomic E-state index is 6.28. The van der Waals surface area contributed by atoms with E-state index in [1.54, 1.807) is 0 Å². The fourth-order valence-electron chi connectivity index (χ4n) is 3.63. The molecule has 2 heterocycles. The molecule has 2 aromatic heterocycles. The molecule has 0 unspecified atom stereocenters. The third kappa shape index (κ3) is 5.77. The Balaban J connectivity index is 0.000000156. The molecule has 0 fully saturated rings. The van der Waals surface area contributed by atoms with E-state index >= 15 is 0 Å². The summed E-state index contributed by atoms with van der Waals surface area (Å²) in [4.78, 5) is 8.82. The van der Waals surface area contributed by atoms with Crippen LogP contribution in [-0.2, 0) is 19.5 Å². The van der Waals surface area contributed by atoms with E-state index in [4.69, 9.17) is 11.1 Å². The molecule has 0 amide bonds. The van der Waals surface area contributed by atoms with Gasteiger partial charge in [-0.25, -0.2) is 0 Å². The van der Waals surface area contributed by atoms with E-state index in [-0.39, 0.29) is 25.3 Å². The van der Waals surface area contributed by atoms with Gasteiger partial charge in [-0.3, -0.25) is 15.4 Å². The molecule has 161 valence electrons. The van der Waals surface area contributed by atoms with Crippen LogP contribution in [0.25, 0.3) is 43.4 Å². The standard InChI is InChI=1S/2C13H9N.C2H6N2.Ru/c2*1-2-6-12-10(4-1)7-8-11-5-3-9-14-13(11)12;1-2(3)4;/h2*1-9H;1H3,(H3,3,4);/q;;;+3. The number of fused-ring (bicyclic) bond motifs is 6. The molecule has 6 aromatic rings. The number of nitrogens with one attached hydrogen (secondary N) is 1. The van der Waals surface area contributed by atoms with Crippen molar-refractivity contribution >= 4 is 49.2 Å². The average molecular weight is 518 g/mol. The smallest absolute Gasteiger partial charge is 0.388 e. The van der Waals surface area contributed by atoms with Gasteiger partial charge in [0.15, 0.2) is 0 Å². The molecule has 0 aliphatic rings. The number of nitrogens with two attached hydrogens (primary N) is 1. The van der Waals surface area contributed by atoms with Gasteiger partial charge in [-0.2, -0.15) is 0 Å². The summed E-state index contributed by atoms with van der Waals surface area (Å²) in [6.45, 7) is 1.53. The van der Waals surface area contributed by atoms with E-state index in [1.165, 1.54) is 39.2 Å². The second-order valence-corrected chi connectivity index (χ2v) is 7.41. The second kappa shape index (κ2) is 11.3. The molecule has 33 heavy (non-hydrogen) atoms. The maximum Gasteiger partial charge on any atom is 3.00 e. The first-order chi connectivity index (χ1) is 15.6. The predicted octanol–water partition coefficient (Wildman–Crippen LogP) is 6.72. The average Bonchev–Trinajstić information content (AvgIpc) is 2.84. The number of benzene rings is 4. The van der Waals surface area contributed by atoms with E-state index in [1.807, 2.05) is 24.5 Å². The Morgan fingerprint density at radius 3 is 1.33 bits per heavy atom. The third-order valence-electron chi connectivity index (χ3n) is 4.99. The summed E-state index contributed by atoms with van der Waals surface area (Å²) in [7, 11) is 0. The van der Waals surface area contributed by atoms with Crippen LogP contribution in [0.5, 0.6) is 0 Å². The zero-order valence-electron chi connectivity index (χ0n) is 18.2. The fraction of sp³-hybridized carbons (Fsp3) is 0.0357. The molecule has 0 atom stereocenters. The topological polar surface area (TPSA) is 75.7 Å². The second-order valence-electron chi connectivity index (χ2n) is 7.41. The van der Waals surface area contributed by atoms with Gasteiger partial charge in [-0.15, -0.1) is 0 Å². The first kappa shape index (κ1) is 24.0. The van der Waals surface area contributed by atoms with Crippen LogP contribution in [0.15, 0.2) is 109 Å². The van der Waals surface area contributed by atoms with Crippen LogP contribution >= 0.6 is 0 Å². The van der Waals surface area contributed by atoms with Gasteiger partial charge < -0.3 is 5.73 Å². The van der Waals surface area contributed by atoms with Crippen LogP contribution < -0.4 is 5.73 Å². The normalized spacial score (nSPS) is 9.97. The minimum atomic E-state index is 0. The van der Waals surface area contributed by atoms with Gasteiger partial charge in [-0.05, 0) is 29.8 Å². The van der Waals surface area contributed by atoms with Crippen molar-refractivity contribution in [2.45, 2.75) is 6.92 Å². The number of nitrogens with zero attached hydrogens (tertiary/aromatic N) is 2. The molecule has 3 N–H and O–H groups in total. The van der Waals surface area contributed by atoms with Crippen LogP contribution in [0.3, 0.4) is 0 Å². The molecule has 1 radical (unpaired) electrons. The van der Waals surface area contributed by atoms with Crippen LogP contribution in [-0.4, -0.2) is 15.8 Å². The van der Waals surface area contributed by atoms with Crippen molar-refractivity contribution < 1.29 is 19.5 Å². The van der Waals surface area contributed by atoms with Crippen LogP contribution in [0.1, 0.15) is 6.92 Å². The molecule has 4 nitrogen and oxygen atoms in total. The summed E-state index contributed by atoms with van der Waals surface area (Å²) >= 11 is 0. The van der Waals surface area contributed by atoms with E-state index in [0.29, 0.717) is 0 Å². The number of pyridine rings is 2. The maximum atomic E-state index is 6.28. The van der Waals surface area contributed by atoms with Gasteiger partial charge in [-0.1, -0.05) is 84.9 Å². The van der Waals surface area contributed by atoms with Gasteiger partial charge in [0.25, 0.3) is 0 Å². The Morgan fingerprint density at radius 1 is 0.576 bits per heavy atom. The van der Waals surface area contributed by atoms with Crippen molar-refractivity contribution in [1.29, 1.82) is 5.41 Å². The SMILES string of the molecule is CC(=N)N.[Ru+3].c1ccc2c(c1)ccc1cccnc12.c1ccc2c(c1)ccc1cccnc12. The number of aromatic nitrogens is 2. The van der Waals surface area contributed by atoms with Crippen molar-refractivity contribution in [2.75, 3.05) is 0 Å². The zero-order chi connectivity index (χ0) is 22.3. The van der Waals surface area contributed by atoms with Gasteiger partial charge in [0.2, 0.25) is 0 Å². The number of rotatable bonds is 0. The quantitative estimate of drug-likeness (QED) is 0.102. The Kier molecular flexibility index (Phi) is 8.18. The summed E-state index contributed by atoms with van der Waals surface area (Å²) < 4.78 is 0. The molecule has 4 aromatic carbocycles. The molecular weight excluding hydrogens is 493 g/mol. The first-order valence-electron chi connectivity index (χ1n) is 10.4. The molecule has 0 saturated carbocycles. The summed E-state index contributed by atoms with van der Waals surface area (Å²) in [5, 5.41) is 13.6. The number of amidine groups is 1. The summed E-state index contributed by atoms with van der Waals surface area (Å²) in [5.74, 6) is 0.167. The van der Waals surface area contributed by atoms with Gasteiger partial charge in [0, 0.05) is 33.9 Å². The number of hydrogen-bond donors (Lipinski definition) is 2. The Morgan fingerprint density at radius 2 is 0.909 bits per heavy atom. The Bertz CT molecular complexity index is 1300. The molecular formula is C28H24N4Ru+3. The van der Waals surface area contributed by atoms with Crippen LogP contribution in [0.2, 0.25) is 0 Å². The van der Waals surface area contributed by atoms with Crippen molar-refractivity contribution in [3.8, 4) is 0 Å². The fourth-order valence-corrected chi connectivity index (χ4v) is 3.63. The largest absolute Gasteiger partial charge is 3.00 e. The molecule has 5 heteroatoms. The molecule has 0 saturated heterocycles. The molecule has 6 rings (SSSR count). The van der Waals surface area contributed by atoms with Crippen molar-refractivity contribution in [2.24, 2.45) is 5.73 Å². The molecule has 0 bridgehead atoms. The summed E-state index contributed by atoms with van der Waals surface area (Å²) in [5.41, 5.74) is 6.87. The Hall–Kier alpha value is -3.69. The van der Waals surface area contributed by atoms with E-state index in [9.17, 15) is 0 Å². The minimum absolute atomic E-state index is 0. The van der Waals surface area contributed by atoms with Gasteiger partial charge in [0.05, 0.1) is 16.9 Å². The van der Waals surface area contributed by atoms with Gasteiger partial charge in [0.1, 0.15) is 0 Å². The van der Waals surface area contributed by atoms with E-state index in [0.717, 1.165) is 11.0 Å². The van der Waals surface area contributed by atoms with Crippen molar-refractivity contribution in [1.82, 2.24) is 9.97 Å². The van der Waals surface area contributed by atoms with Gasteiger partial charge >= 0.3 is 19.5 Å². The summed E-state index contributed by atoms with van der Waals surface area (Å²) in [6.07, 6.45) is 3.68. The molecule has 0 spiro atoms. The van der Waals surface area contributed by atoms with E-state index in [2.05, 4.69) is 94.9 Å². The van der Waals surface area contributed by atoms with Crippen LogP contribution in [0.4, 0.5) is 0 Å². The monoisotopic (exact) mass is 518 g/mol. The zero-order valence-corrected chi connectivity index (χ0v) is 20.0. The van der Waals surface area contributed by atoms with Crippen molar-refractivity contribution in [3.05, 3.63) is 109 Å². The minimum Gasteiger partial charge on any atom is -0.388 e. The predicted molar refractivity (Wildman–Crippen MR) is 136 cm³/mol. The first-order valence-corrected chi connectivity index (χ1v) is 10.4. The summed E-state index contributed by atoms with van der Waals surface area (Å²) in [6, 6.07) is 33.3. The van der Waals surface area contributed by atoms with Crippen molar-refractivity contribution in [3.63, 3.8) is 0 Å². The van der Waals surface area contributed by atoms with E-state index < -0.39 is 0 Å². The molecule has 0 aliphatic heterocycles. The number of hydrogen-bond acceptors (Lipinski definition) is 3. The Labute approximate surface area is 205 Å².